The Morgan fingerprint density at radius 2 is 2.21 bits per heavy atom. The minimum Gasteiger partial charge on any atom is -0.376 e. The third kappa shape index (κ3) is 2.96. The van der Waals surface area contributed by atoms with Crippen molar-refractivity contribution in [2.45, 2.75) is 31.7 Å². The zero-order chi connectivity index (χ0) is 14.0. The molecule has 0 radical (unpaired) electrons. The number of nitriles is 1. The molecule has 0 aromatic carbocycles. The van der Waals surface area contributed by atoms with Gasteiger partial charge in [0.15, 0.2) is 0 Å². The predicted octanol–water partition coefficient (Wildman–Crippen LogP) is 2.56. The summed E-state index contributed by atoms with van der Waals surface area (Å²) in [5.74, 6) is -0.0420. The second-order valence-corrected chi connectivity index (χ2v) is 4.32. The molecule has 2 rings (SSSR count). The number of halogens is 3. The number of alkyl halides is 3. The summed E-state index contributed by atoms with van der Waals surface area (Å²) in [6.07, 6.45) is -3.98. The maximum Gasteiger partial charge on any atom is 0.433 e. The fraction of sp³-hybridized carbons (Fsp3) is 0.500. The van der Waals surface area contributed by atoms with Gasteiger partial charge in [0.1, 0.15) is 17.6 Å². The van der Waals surface area contributed by atoms with Crippen LogP contribution in [-0.2, 0) is 10.9 Å². The van der Waals surface area contributed by atoms with E-state index in [1.807, 2.05) is 13.0 Å². The van der Waals surface area contributed by atoms with Crippen LogP contribution in [0.3, 0.4) is 0 Å². The van der Waals surface area contributed by atoms with E-state index in [2.05, 4.69) is 10.3 Å². The first kappa shape index (κ1) is 13.6. The Morgan fingerprint density at radius 3 is 2.74 bits per heavy atom. The molecule has 1 aromatic rings. The smallest absolute Gasteiger partial charge is 0.376 e. The SMILES string of the molecule is CC1OCCC1Nc1nc(C(F)(F)F)ccc1C#N. The maximum absolute atomic E-state index is 12.6. The molecule has 2 atom stereocenters. The standard InChI is InChI=1S/C12H12F3N3O/c1-7-9(4-5-19-7)17-11-8(6-16)2-3-10(18-11)12(13,14)15/h2-3,7,9H,4-5H2,1H3,(H,17,18). The molecule has 0 amide bonds. The van der Waals surface area contributed by atoms with Crippen LogP contribution >= 0.6 is 0 Å². The van der Waals surface area contributed by atoms with Crippen LogP contribution in [0.4, 0.5) is 19.0 Å². The van der Waals surface area contributed by atoms with Gasteiger partial charge in [-0.15, -0.1) is 0 Å². The fourth-order valence-electron chi connectivity index (χ4n) is 1.91. The van der Waals surface area contributed by atoms with Crippen molar-refractivity contribution in [3.8, 4) is 6.07 Å². The Kier molecular flexibility index (Phi) is 3.62. The van der Waals surface area contributed by atoms with E-state index in [1.165, 1.54) is 0 Å². The minimum absolute atomic E-state index is 0.0420. The van der Waals surface area contributed by atoms with Gasteiger partial charge in [-0.25, -0.2) is 4.98 Å². The van der Waals surface area contributed by atoms with Gasteiger partial charge in [0, 0.05) is 6.61 Å². The zero-order valence-corrected chi connectivity index (χ0v) is 10.2. The zero-order valence-electron chi connectivity index (χ0n) is 10.2. The average molecular weight is 271 g/mol. The molecule has 1 fully saturated rings. The largest absolute Gasteiger partial charge is 0.433 e. The highest BCUT2D eigenvalue weighted by molar-refractivity contribution is 5.53. The fourth-order valence-corrected chi connectivity index (χ4v) is 1.91. The molecule has 1 saturated heterocycles. The molecule has 0 saturated carbocycles. The summed E-state index contributed by atoms with van der Waals surface area (Å²) < 4.78 is 43.1. The summed E-state index contributed by atoms with van der Waals surface area (Å²) in [7, 11) is 0. The number of anilines is 1. The molecule has 1 aliphatic heterocycles. The molecule has 2 heterocycles. The number of hydrogen-bond acceptors (Lipinski definition) is 4. The molecular weight excluding hydrogens is 259 g/mol. The Hall–Kier alpha value is -1.81. The number of nitrogens with zero attached hydrogens (tertiary/aromatic N) is 2. The number of aromatic nitrogens is 1. The molecule has 19 heavy (non-hydrogen) atoms. The van der Waals surface area contributed by atoms with E-state index < -0.39 is 11.9 Å². The Labute approximate surface area is 108 Å². The number of ether oxygens (including phenoxy) is 1. The van der Waals surface area contributed by atoms with Crippen molar-refractivity contribution in [1.29, 1.82) is 5.26 Å². The summed E-state index contributed by atoms with van der Waals surface area (Å²) in [5, 5.41) is 11.8. The van der Waals surface area contributed by atoms with E-state index in [0.717, 1.165) is 12.1 Å². The Balaban J connectivity index is 2.29. The highest BCUT2D eigenvalue weighted by Crippen LogP contribution is 2.30. The van der Waals surface area contributed by atoms with E-state index in [-0.39, 0.29) is 23.5 Å². The number of nitrogens with one attached hydrogen (secondary N) is 1. The lowest BCUT2D eigenvalue weighted by Crippen LogP contribution is -2.28. The molecular formula is C12H12F3N3O. The van der Waals surface area contributed by atoms with Gasteiger partial charge in [-0.1, -0.05) is 0 Å². The number of hydrogen-bond donors (Lipinski definition) is 1. The third-order valence-electron chi connectivity index (χ3n) is 3.00. The van der Waals surface area contributed by atoms with Crippen LogP contribution in [0.25, 0.3) is 0 Å². The monoisotopic (exact) mass is 271 g/mol. The van der Waals surface area contributed by atoms with Crippen molar-refractivity contribution < 1.29 is 17.9 Å². The van der Waals surface area contributed by atoms with E-state index in [9.17, 15) is 13.2 Å². The molecule has 0 spiro atoms. The Morgan fingerprint density at radius 1 is 1.47 bits per heavy atom. The van der Waals surface area contributed by atoms with Gasteiger partial charge >= 0.3 is 6.18 Å². The van der Waals surface area contributed by atoms with Gasteiger partial charge in [0.05, 0.1) is 17.7 Å². The molecule has 7 heteroatoms. The lowest BCUT2D eigenvalue weighted by atomic mass is 10.1. The molecule has 1 aliphatic rings. The van der Waals surface area contributed by atoms with Crippen molar-refractivity contribution in [3.05, 3.63) is 23.4 Å². The summed E-state index contributed by atoms with van der Waals surface area (Å²) in [6, 6.07) is 3.62. The molecule has 2 unspecified atom stereocenters. The second kappa shape index (κ2) is 5.05. The van der Waals surface area contributed by atoms with Crippen LogP contribution in [0.2, 0.25) is 0 Å². The topological polar surface area (TPSA) is 57.9 Å². The number of pyridine rings is 1. The van der Waals surface area contributed by atoms with Gasteiger partial charge in [0.2, 0.25) is 0 Å². The molecule has 1 N–H and O–H groups in total. The van der Waals surface area contributed by atoms with E-state index in [4.69, 9.17) is 10.00 Å². The second-order valence-electron chi connectivity index (χ2n) is 4.32. The summed E-state index contributed by atoms with van der Waals surface area (Å²) in [6.45, 7) is 2.37. The number of rotatable bonds is 2. The van der Waals surface area contributed by atoms with Crippen molar-refractivity contribution in [2.75, 3.05) is 11.9 Å². The van der Waals surface area contributed by atoms with Crippen molar-refractivity contribution in [3.63, 3.8) is 0 Å². The van der Waals surface area contributed by atoms with Crippen LogP contribution < -0.4 is 5.32 Å². The first-order valence-corrected chi connectivity index (χ1v) is 5.78. The Bertz CT molecular complexity index is 510. The normalized spacial score (nSPS) is 23.1. The maximum atomic E-state index is 12.6. The highest BCUT2D eigenvalue weighted by atomic mass is 19.4. The van der Waals surface area contributed by atoms with Gasteiger partial charge in [0.25, 0.3) is 0 Å². The summed E-state index contributed by atoms with van der Waals surface area (Å²) in [5.41, 5.74) is -0.923. The molecule has 4 nitrogen and oxygen atoms in total. The van der Waals surface area contributed by atoms with E-state index in [1.54, 1.807) is 0 Å². The van der Waals surface area contributed by atoms with Crippen LogP contribution in [0.15, 0.2) is 12.1 Å². The average Bonchev–Trinajstić information content (AvgIpc) is 2.74. The first-order chi connectivity index (χ1) is 8.91. The van der Waals surface area contributed by atoms with Crippen LogP contribution in [0.5, 0.6) is 0 Å². The van der Waals surface area contributed by atoms with Crippen molar-refractivity contribution >= 4 is 5.82 Å². The quantitative estimate of drug-likeness (QED) is 0.898. The summed E-state index contributed by atoms with van der Waals surface area (Å²) >= 11 is 0. The first-order valence-electron chi connectivity index (χ1n) is 5.78. The summed E-state index contributed by atoms with van der Waals surface area (Å²) in [4.78, 5) is 3.50. The van der Waals surface area contributed by atoms with Crippen LogP contribution in [0.1, 0.15) is 24.6 Å². The molecule has 1 aromatic heterocycles. The van der Waals surface area contributed by atoms with Crippen molar-refractivity contribution in [1.82, 2.24) is 4.98 Å². The predicted molar refractivity (Wildman–Crippen MR) is 61.4 cm³/mol. The third-order valence-corrected chi connectivity index (χ3v) is 3.00. The lowest BCUT2D eigenvalue weighted by Gasteiger charge is -2.18. The van der Waals surface area contributed by atoms with Crippen LogP contribution in [0, 0.1) is 11.3 Å². The molecule has 0 bridgehead atoms. The van der Waals surface area contributed by atoms with Crippen LogP contribution in [-0.4, -0.2) is 23.7 Å². The van der Waals surface area contributed by atoms with E-state index >= 15 is 0 Å². The van der Waals surface area contributed by atoms with E-state index in [0.29, 0.717) is 13.0 Å². The lowest BCUT2D eigenvalue weighted by molar-refractivity contribution is -0.141. The van der Waals surface area contributed by atoms with Gasteiger partial charge in [-0.05, 0) is 25.5 Å². The minimum atomic E-state index is -4.53. The molecule has 102 valence electrons. The van der Waals surface area contributed by atoms with Gasteiger partial charge in [-0.3, -0.25) is 0 Å². The molecule has 0 aliphatic carbocycles. The van der Waals surface area contributed by atoms with Gasteiger partial charge < -0.3 is 10.1 Å². The van der Waals surface area contributed by atoms with Gasteiger partial charge in [-0.2, -0.15) is 18.4 Å². The van der Waals surface area contributed by atoms with Crippen molar-refractivity contribution in [2.24, 2.45) is 0 Å². The highest BCUT2D eigenvalue weighted by Gasteiger charge is 2.33.